The largest absolute Gasteiger partial charge is 0.452 e. The lowest BCUT2D eigenvalue weighted by atomic mass is 9.86. The van der Waals surface area contributed by atoms with Gasteiger partial charge >= 0.3 is 0 Å². The predicted molar refractivity (Wildman–Crippen MR) is 278 cm³/mol. The van der Waals surface area contributed by atoms with E-state index in [9.17, 15) is 0 Å². The summed E-state index contributed by atoms with van der Waals surface area (Å²) in [7, 11) is 0. The zero-order chi connectivity index (χ0) is 44.8. The Morgan fingerprint density at radius 3 is 1.57 bits per heavy atom. The molecule has 4 aromatic heterocycles. The Balaban J connectivity index is 1.18. The highest BCUT2D eigenvalue weighted by Gasteiger charge is 2.26. The van der Waals surface area contributed by atoms with E-state index in [1.54, 1.807) is 0 Å². The van der Waals surface area contributed by atoms with Crippen molar-refractivity contribution in [1.29, 1.82) is 0 Å². The molecule has 0 aliphatic carbocycles. The van der Waals surface area contributed by atoms with Crippen LogP contribution in [0, 0.1) is 0 Å². The van der Waals surface area contributed by atoms with Crippen LogP contribution in [-0.2, 0) is 5.41 Å². The molecule has 0 bridgehead atoms. The third kappa shape index (κ3) is 6.23. The molecule has 13 aromatic rings. The van der Waals surface area contributed by atoms with Gasteiger partial charge in [0.05, 0.1) is 27.8 Å². The number of rotatable bonds is 6. The third-order valence-electron chi connectivity index (χ3n) is 13.5. The monoisotopic (exact) mass is 860 g/mol. The van der Waals surface area contributed by atoms with E-state index in [4.69, 9.17) is 14.4 Å². The minimum Gasteiger partial charge on any atom is -0.452 e. The minimum absolute atomic E-state index is 0.0459. The van der Waals surface area contributed by atoms with Gasteiger partial charge in [0.1, 0.15) is 16.8 Å². The van der Waals surface area contributed by atoms with Crippen molar-refractivity contribution >= 4 is 65.7 Å². The number of benzene rings is 9. The molecule has 13 rings (SSSR count). The zero-order valence-electron chi connectivity index (χ0n) is 37.4. The first kappa shape index (κ1) is 38.9. The highest BCUT2D eigenvalue weighted by molar-refractivity contribution is 6.14. The molecular weight excluding hydrogens is 817 g/mol. The highest BCUT2D eigenvalue weighted by Crippen LogP contribution is 2.46. The smallest absolute Gasteiger partial charge is 0.180 e. The molecular formula is C62H44N4O. The van der Waals surface area contributed by atoms with Crippen LogP contribution in [-0.4, -0.2) is 19.1 Å². The molecule has 0 saturated heterocycles. The molecule has 0 spiro atoms. The van der Waals surface area contributed by atoms with Crippen molar-refractivity contribution < 1.29 is 4.42 Å². The van der Waals surface area contributed by atoms with E-state index >= 15 is 0 Å². The number of nitrogens with zero attached hydrogens (tertiary/aromatic N) is 4. The summed E-state index contributed by atoms with van der Waals surface area (Å²) in [5, 5.41) is 5.84. The summed E-state index contributed by atoms with van der Waals surface area (Å²) in [6, 6.07) is 76.2. The van der Waals surface area contributed by atoms with Crippen LogP contribution in [0.3, 0.4) is 0 Å². The van der Waals surface area contributed by atoms with Gasteiger partial charge in [-0.05, 0) is 82.8 Å². The lowest BCUT2D eigenvalue weighted by molar-refractivity contribution is 0.591. The van der Waals surface area contributed by atoms with Gasteiger partial charge in [0.2, 0.25) is 0 Å². The fourth-order valence-electron chi connectivity index (χ4n) is 10.2. The highest BCUT2D eigenvalue weighted by atomic mass is 16.3. The van der Waals surface area contributed by atoms with Crippen LogP contribution < -0.4 is 0 Å². The molecule has 0 aliphatic heterocycles. The van der Waals surface area contributed by atoms with Crippen molar-refractivity contribution in [2.75, 3.05) is 0 Å². The summed E-state index contributed by atoms with van der Waals surface area (Å²) in [5.41, 5.74) is 17.2. The molecule has 0 fully saturated rings. The van der Waals surface area contributed by atoms with Crippen LogP contribution in [0.5, 0.6) is 0 Å². The van der Waals surface area contributed by atoms with Crippen LogP contribution in [0.1, 0.15) is 26.3 Å². The van der Waals surface area contributed by atoms with E-state index in [-0.39, 0.29) is 5.41 Å². The number of furan rings is 1. The number of hydrogen-bond acceptors (Lipinski definition) is 3. The van der Waals surface area contributed by atoms with Crippen molar-refractivity contribution in [3.8, 4) is 56.3 Å². The Morgan fingerprint density at radius 1 is 0.403 bits per heavy atom. The van der Waals surface area contributed by atoms with E-state index in [2.05, 4.69) is 206 Å². The molecule has 4 heterocycles. The number of para-hydroxylation sites is 3. The molecule has 0 radical (unpaired) electrons. The van der Waals surface area contributed by atoms with E-state index in [1.165, 1.54) is 38.1 Å². The SMILES string of the molecule is CC(C)(C)c1ccc2c(c1)c1ccc(-n3c4ccccc4c4ccccc43)cc1n2-c1c(-c2ccccc2)cc(-c2nc(-c3ccccc3)nc3c2oc2ccccc23)cc1-c1ccccc1. The van der Waals surface area contributed by atoms with E-state index in [1.807, 2.05) is 36.4 Å². The number of aromatic nitrogens is 4. The predicted octanol–water partition coefficient (Wildman–Crippen LogP) is 16.5. The molecule has 67 heavy (non-hydrogen) atoms. The van der Waals surface area contributed by atoms with Gasteiger partial charge in [-0.1, -0.05) is 172 Å². The zero-order valence-corrected chi connectivity index (χ0v) is 37.4. The van der Waals surface area contributed by atoms with E-state index in [0.717, 1.165) is 78.0 Å². The quantitative estimate of drug-likeness (QED) is 0.167. The molecule has 5 nitrogen and oxygen atoms in total. The molecule has 0 aliphatic rings. The molecule has 0 unspecified atom stereocenters. The van der Waals surface area contributed by atoms with Gasteiger partial charge < -0.3 is 13.6 Å². The van der Waals surface area contributed by atoms with Crippen molar-refractivity contribution in [3.63, 3.8) is 0 Å². The molecule has 0 atom stereocenters. The van der Waals surface area contributed by atoms with Crippen molar-refractivity contribution in [2.45, 2.75) is 26.2 Å². The van der Waals surface area contributed by atoms with Crippen molar-refractivity contribution in [3.05, 3.63) is 218 Å². The van der Waals surface area contributed by atoms with Crippen LogP contribution >= 0.6 is 0 Å². The van der Waals surface area contributed by atoms with Gasteiger partial charge in [-0.15, -0.1) is 0 Å². The second-order valence-corrected chi connectivity index (χ2v) is 18.6. The standard InChI is InChI=1S/C62H44N4O/c1-62(2,3)43-31-34-54-51(37-43)47-33-32-44(65-52-28-16-13-25-45(52)46-26-14-17-29-53(46)65)38-55(47)66(54)59-49(39-19-7-4-8-20-39)35-42(36-50(59)40-21-9-5-10-22-40)57-60-58(48-27-15-18-30-56(48)67-60)64-61(63-57)41-23-11-6-12-24-41/h4-38H,1-3H3. The Morgan fingerprint density at radius 2 is 0.940 bits per heavy atom. The van der Waals surface area contributed by atoms with Gasteiger partial charge in [-0.25, -0.2) is 9.97 Å². The summed E-state index contributed by atoms with van der Waals surface area (Å²) in [6.45, 7) is 6.88. The maximum atomic E-state index is 6.75. The molecule has 5 heteroatoms. The van der Waals surface area contributed by atoms with Crippen LogP contribution in [0.4, 0.5) is 0 Å². The van der Waals surface area contributed by atoms with Gasteiger partial charge in [0.25, 0.3) is 0 Å². The third-order valence-corrected chi connectivity index (χ3v) is 13.5. The second-order valence-electron chi connectivity index (χ2n) is 18.6. The maximum absolute atomic E-state index is 6.75. The Labute approximate surface area is 387 Å². The topological polar surface area (TPSA) is 48.8 Å². The Bertz CT molecular complexity index is 3950. The normalized spacial score (nSPS) is 12.1. The molecule has 318 valence electrons. The fourth-order valence-corrected chi connectivity index (χ4v) is 10.2. The molecule has 0 saturated carbocycles. The summed E-state index contributed by atoms with van der Waals surface area (Å²) in [4.78, 5) is 10.6. The Hall–Kier alpha value is -8.54. The average molecular weight is 861 g/mol. The van der Waals surface area contributed by atoms with Gasteiger partial charge in [0.15, 0.2) is 11.4 Å². The summed E-state index contributed by atoms with van der Waals surface area (Å²) >= 11 is 0. The summed E-state index contributed by atoms with van der Waals surface area (Å²) in [5.74, 6) is 0.649. The van der Waals surface area contributed by atoms with Gasteiger partial charge in [0, 0.05) is 54.9 Å². The van der Waals surface area contributed by atoms with E-state index in [0.29, 0.717) is 11.4 Å². The summed E-state index contributed by atoms with van der Waals surface area (Å²) < 4.78 is 11.7. The Kier molecular flexibility index (Phi) is 8.71. The molecule has 0 N–H and O–H groups in total. The lowest BCUT2D eigenvalue weighted by Gasteiger charge is -2.22. The van der Waals surface area contributed by atoms with E-state index < -0.39 is 0 Å². The molecule has 9 aromatic carbocycles. The number of fused-ring (bicyclic) bond motifs is 9. The minimum atomic E-state index is -0.0459. The summed E-state index contributed by atoms with van der Waals surface area (Å²) in [6.07, 6.45) is 0. The second kappa shape index (κ2) is 15.0. The van der Waals surface area contributed by atoms with Crippen LogP contribution in [0.15, 0.2) is 217 Å². The first-order chi connectivity index (χ1) is 32.9. The van der Waals surface area contributed by atoms with Gasteiger partial charge in [-0.2, -0.15) is 0 Å². The van der Waals surface area contributed by atoms with Crippen molar-refractivity contribution in [2.24, 2.45) is 0 Å². The average Bonchev–Trinajstić information content (AvgIpc) is 4.03. The lowest BCUT2D eigenvalue weighted by Crippen LogP contribution is -2.10. The number of hydrogen-bond donors (Lipinski definition) is 0. The first-order valence-corrected chi connectivity index (χ1v) is 23.0. The first-order valence-electron chi connectivity index (χ1n) is 23.0. The fraction of sp³-hybridized carbons (Fsp3) is 0.0645. The van der Waals surface area contributed by atoms with Gasteiger partial charge in [-0.3, -0.25) is 0 Å². The van der Waals surface area contributed by atoms with Crippen LogP contribution in [0.25, 0.3) is 122 Å². The maximum Gasteiger partial charge on any atom is 0.180 e. The van der Waals surface area contributed by atoms with Crippen molar-refractivity contribution in [1.82, 2.24) is 19.1 Å². The van der Waals surface area contributed by atoms with Crippen LogP contribution in [0.2, 0.25) is 0 Å². The molecule has 0 amide bonds.